The molecule has 0 spiro atoms. The molecule has 8 aromatic carbocycles. The molecule has 1 saturated heterocycles. The fraction of sp³-hybridized carbons (Fsp3) is 0.186. The van der Waals surface area contributed by atoms with Gasteiger partial charge in [-0.25, -0.2) is 9.78 Å². The number of hydrogen-bond acceptors (Lipinski definition) is 15. The molecular formula is C70H64N6O8S3. The first-order valence-electron chi connectivity index (χ1n) is 28.4. The van der Waals surface area contributed by atoms with Gasteiger partial charge in [0.05, 0.1) is 26.9 Å². The largest absolute Gasteiger partial charge is 0.497 e. The van der Waals surface area contributed by atoms with Crippen LogP contribution >= 0.6 is 34.9 Å². The van der Waals surface area contributed by atoms with Crippen LogP contribution in [0.4, 0.5) is 5.13 Å². The number of aromatic nitrogens is 1. The number of nitrogens with zero attached hydrogens (tertiary/aromatic N) is 3. The van der Waals surface area contributed by atoms with Crippen molar-refractivity contribution in [2.24, 2.45) is 5.16 Å². The molecule has 3 N–H and O–H groups in total. The summed E-state index contributed by atoms with van der Waals surface area (Å²) in [6.45, 7) is 0.503. The van der Waals surface area contributed by atoms with Crippen molar-refractivity contribution >= 4 is 63.5 Å². The van der Waals surface area contributed by atoms with Gasteiger partial charge in [-0.2, -0.15) is 0 Å². The van der Waals surface area contributed by atoms with Gasteiger partial charge in [0, 0.05) is 27.7 Å². The average molecular weight is 1210 g/mol. The molecule has 0 radical (unpaired) electrons. The van der Waals surface area contributed by atoms with Gasteiger partial charge in [-0.15, -0.1) is 34.9 Å². The van der Waals surface area contributed by atoms with Gasteiger partial charge in [-0.3, -0.25) is 19.8 Å². The van der Waals surface area contributed by atoms with Gasteiger partial charge in [0.25, 0.3) is 11.8 Å². The smallest absolute Gasteiger partial charge is 0.356 e. The number of oxime groups is 1. The molecule has 2 aliphatic rings. The molecule has 0 unspecified atom stereocenters. The molecule has 9 aromatic rings. The Balaban J connectivity index is 0.867. The molecule has 2 amide bonds. The van der Waals surface area contributed by atoms with E-state index in [1.165, 1.54) is 39.8 Å². The Morgan fingerprint density at radius 1 is 0.644 bits per heavy atom. The molecule has 1 aromatic heterocycles. The molecular weight excluding hydrogens is 1150 g/mol. The third-order valence-corrected chi connectivity index (χ3v) is 18.7. The molecule has 17 heteroatoms. The van der Waals surface area contributed by atoms with Crippen LogP contribution in [0.3, 0.4) is 0 Å². The summed E-state index contributed by atoms with van der Waals surface area (Å²) in [5.74, 6) is 0.944. The quantitative estimate of drug-likeness (QED) is 0.0117. The molecule has 87 heavy (non-hydrogen) atoms. The van der Waals surface area contributed by atoms with Crippen LogP contribution < -0.4 is 30.2 Å². The number of benzene rings is 8. The molecule has 1 fully saturated rings. The minimum absolute atomic E-state index is 0.0371. The standard InChI is InChI=1S/C70H64N6O8S3/c1-80-56-38-35-48(36-39-56)44-83-67(79)63-60(85-42-22-41-71-69(50-23-10-4-11-24-50,51-25-12-5-13-26-51)52-27-14-6-15-28-52)47-86-66-62(65(78)76(63)66)73-64(77)61(75-84-45-49-37-40-57(81-2)43-59(49)82-3)58-46-87-68(72-58)74-70(53-29-16-7-17-30-53,54-31-18-8-19-32-54)55-33-20-9-21-34-55/h4-21,23-40,43,46,62,66,71H,22,41-42,44-45,47H2,1-3H3,(H,72,74)(H,73,77)/b75-61-/t62-,66-/m1/s1. The zero-order valence-corrected chi connectivity index (χ0v) is 50.6. The van der Waals surface area contributed by atoms with E-state index in [9.17, 15) is 14.4 Å². The minimum atomic E-state index is -1.05. The summed E-state index contributed by atoms with van der Waals surface area (Å²) >= 11 is 4.29. The Morgan fingerprint density at radius 2 is 1.16 bits per heavy atom. The van der Waals surface area contributed by atoms with Crippen LogP contribution in [0, 0.1) is 0 Å². The molecule has 0 aliphatic carbocycles. The molecule has 2 aliphatic heterocycles. The molecule has 14 nitrogen and oxygen atoms in total. The first-order chi connectivity index (χ1) is 42.7. The van der Waals surface area contributed by atoms with E-state index in [2.05, 4.69) is 130 Å². The number of thiazole rings is 1. The summed E-state index contributed by atoms with van der Waals surface area (Å²) in [5.41, 5.74) is 6.21. The van der Waals surface area contributed by atoms with Crippen molar-refractivity contribution in [3.05, 3.63) is 291 Å². The van der Waals surface area contributed by atoms with Crippen LogP contribution in [0.1, 0.15) is 56.6 Å². The Labute approximate surface area is 519 Å². The number of methoxy groups -OCH3 is 3. The number of carbonyl (C=O) groups excluding carboxylic acids is 3. The van der Waals surface area contributed by atoms with E-state index in [1.54, 1.807) is 57.0 Å². The normalized spacial score (nSPS) is 15.0. The van der Waals surface area contributed by atoms with Crippen LogP contribution in [0.5, 0.6) is 17.2 Å². The third kappa shape index (κ3) is 12.9. The van der Waals surface area contributed by atoms with Crippen molar-refractivity contribution in [1.82, 2.24) is 20.5 Å². The zero-order chi connectivity index (χ0) is 60.0. The highest BCUT2D eigenvalue weighted by Gasteiger charge is 2.55. The van der Waals surface area contributed by atoms with Gasteiger partial charge < -0.3 is 34.4 Å². The number of thioether (sulfide) groups is 2. The summed E-state index contributed by atoms with van der Waals surface area (Å²) in [5, 5.41) is 16.8. The number of esters is 1. The second-order valence-corrected chi connectivity index (χ2v) is 23.6. The highest BCUT2D eigenvalue weighted by atomic mass is 32.2. The lowest BCUT2D eigenvalue weighted by molar-refractivity contribution is -0.153. The van der Waals surface area contributed by atoms with Gasteiger partial charge in [0.15, 0.2) is 10.8 Å². The van der Waals surface area contributed by atoms with E-state index >= 15 is 0 Å². The molecule has 0 bridgehead atoms. The summed E-state index contributed by atoms with van der Waals surface area (Å²) in [6.07, 6.45) is 0.715. The van der Waals surface area contributed by atoms with Gasteiger partial charge in [0.1, 0.15) is 58.8 Å². The molecule has 11 rings (SSSR count). The zero-order valence-electron chi connectivity index (χ0n) is 48.2. The van der Waals surface area contributed by atoms with Crippen LogP contribution in [0.2, 0.25) is 0 Å². The number of amides is 2. The molecule has 2 atom stereocenters. The van der Waals surface area contributed by atoms with Gasteiger partial charge in [-0.1, -0.05) is 199 Å². The van der Waals surface area contributed by atoms with E-state index in [0.717, 1.165) is 38.9 Å². The monoisotopic (exact) mass is 1210 g/mol. The maximum atomic E-state index is 15.0. The van der Waals surface area contributed by atoms with E-state index in [4.69, 9.17) is 28.8 Å². The fourth-order valence-corrected chi connectivity index (χ4v) is 14.3. The van der Waals surface area contributed by atoms with Gasteiger partial charge in [0.2, 0.25) is 0 Å². The van der Waals surface area contributed by atoms with E-state index in [1.807, 2.05) is 84.9 Å². The van der Waals surface area contributed by atoms with Crippen LogP contribution in [0.25, 0.3) is 0 Å². The number of anilines is 1. The first kappa shape index (κ1) is 59.6. The number of carbonyl (C=O) groups is 3. The van der Waals surface area contributed by atoms with E-state index in [-0.39, 0.29) is 30.3 Å². The summed E-state index contributed by atoms with van der Waals surface area (Å²) in [4.78, 5) is 57.5. The maximum Gasteiger partial charge on any atom is 0.356 e. The third-order valence-electron chi connectivity index (χ3n) is 15.3. The Bertz CT molecular complexity index is 3650. The van der Waals surface area contributed by atoms with Crippen molar-refractivity contribution in [2.45, 2.75) is 42.1 Å². The number of rotatable bonds is 26. The number of fused-ring (bicyclic) bond motifs is 1. The first-order valence-corrected chi connectivity index (χ1v) is 31.3. The van der Waals surface area contributed by atoms with Crippen molar-refractivity contribution in [3.8, 4) is 17.2 Å². The highest BCUT2D eigenvalue weighted by Crippen LogP contribution is 2.45. The average Bonchev–Trinajstić information content (AvgIpc) is 0.999. The number of β-lactam (4-membered cyclic amide) rings is 1. The molecule has 0 saturated carbocycles. The second-order valence-electron chi connectivity index (χ2n) is 20.4. The van der Waals surface area contributed by atoms with Crippen LogP contribution in [-0.2, 0) is 48.2 Å². The lowest BCUT2D eigenvalue weighted by Gasteiger charge is -2.49. The molecule has 440 valence electrons. The minimum Gasteiger partial charge on any atom is -0.497 e. The predicted octanol–water partition coefficient (Wildman–Crippen LogP) is 12.6. The highest BCUT2D eigenvalue weighted by molar-refractivity contribution is 8.06. The second kappa shape index (κ2) is 27.9. The van der Waals surface area contributed by atoms with Crippen molar-refractivity contribution in [3.63, 3.8) is 0 Å². The lowest BCUT2D eigenvalue weighted by atomic mass is 9.77. The fourth-order valence-electron chi connectivity index (χ4n) is 11.0. The van der Waals surface area contributed by atoms with Gasteiger partial charge in [-0.05, 0) is 81.9 Å². The topological polar surface area (TPSA) is 162 Å². The van der Waals surface area contributed by atoms with Gasteiger partial charge >= 0.3 is 5.97 Å². The Morgan fingerprint density at radius 3 is 1.68 bits per heavy atom. The molecule has 3 heterocycles. The SMILES string of the molecule is COc1ccc(COC(=O)C2=C(SCCCNC(c3ccccc3)(c3ccccc3)c3ccccc3)CS[C@@H]3[C@H](NC(=O)/C(=N\OCc4ccc(OC)cc4OC)c4csc(NC(c5ccccc5)(c5ccccc5)c5ccccc5)n4)C(=O)N23)cc1. The lowest BCUT2D eigenvalue weighted by Crippen LogP contribution is -2.71. The van der Waals surface area contributed by atoms with Crippen molar-refractivity contribution < 1.29 is 38.2 Å². The number of nitrogens with one attached hydrogen (secondary N) is 3. The Hall–Kier alpha value is -9.13. The van der Waals surface area contributed by atoms with Crippen molar-refractivity contribution in [2.75, 3.05) is 44.7 Å². The number of ether oxygens (including phenoxy) is 4. The predicted molar refractivity (Wildman–Crippen MR) is 345 cm³/mol. The Kier molecular flexibility index (Phi) is 19.1. The van der Waals surface area contributed by atoms with Crippen LogP contribution in [-0.4, -0.2) is 84.2 Å². The summed E-state index contributed by atoms with van der Waals surface area (Å²) in [6, 6.07) is 73.2. The van der Waals surface area contributed by atoms with Crippen LogP contribution in [0.15, 0.2) is 246 Å². The summed E-state index contributed by atoms with van der Waals surface area (Å²) < 4.78 is 22.4. The van der Waals surface area contributed by atoms with Crippen molar-refractivity contribution in [1.29, 1.82) is 0 Å². The number of hydrogen-bond donors (Lipinski definition) is 3. The van der Waals surface area contributed by atoms with E-state index in [0.29, 0.717) is 57.3 Å². The maximum absolute atomic E-state index is 15.0. The van der Waals surface area contributed by atoms with E-state index < -0.39 is 40.3 Å². The summed E-state index contributed by atoms with van der Waals surface area (Å²) in [7, 11) is 4.70.